The van der Waals surface area contributed by atoms with Crippen LogP contribution in [0.1, 0.15) is 26.2 Å². The third-order valence-electron chi connectivity index (χ3n) is 4.17. The largest absolute Gasteiger partial charge is 0.473 e. The van der Waals surface area contributed by atoms with Gasteiger partial charge >= 0.3 is 11.9 Å². The number of nitrogens with zero attached hydrogens (tertiary/aromatic N) is 2. The van der Waals surface area contributed by atoms with E-state index in [2.05, 4.69) is 17.1 Å². The number of aliphatic carboxylic acids is 2. The van der Waals surface area contributed by atoms with Crippen LogP contribution in [-0.4, -0.2) is 78.3 Å². The average Bonchev–Trinajstić information content (AvgIpc) is 2.57. The lowest BCUT2D eigenvalue weighted by Gasteiger charge is -2.36. The highest BCUT2D eigenvalue weighted by molar-refractivity contribution is 7.89. The van der Waals surface area contributed by atoms with E-state index in [0.29, 0.717) is 13.1 Å². The fourth-order valence-corrected chi connectivity index (χ4v) is 3.84. The van der Waals surface area contributed by atoms with Crippen LogP contribution < -0.4 is 0 Å². The van der Waals surface area contributed by atoms with Crippen molar-refractivity contribution in [2.75, 3.05) is 38.5 Å². The Morgan fingerprint density at radius 3 is 2.08 bits per heavy atom. The van der Waals surface area contributed by atoms with Crippen LogP contribution in [-0.2, 0) is 19.6 Å². The number of sulfonamides is 1. The Kier molecular flexibility index (Phi) is 8.37. The second-order valence-corrected chi connectivity index (χ2v) is 8.12. The van der Waals surface area contributed by atoms with Crippen molar-refractivity contribution in [3.8, 4) is 0 Å². The monoisotopic (exact) mass is 362 g/mol. The molecule has 8 nitrogen and oxygen atoms in total. The van der Waals surface area contributed by atoms with Gasteiger partial charge in [-0.3, -0.25) is 0 Å². The zero-order valence-electron chi connectivity index (χ0n) is 13.9. The zero-order chi connectivity index (χ0) is 18.2. The molecule has 1 fully saturated rings. The summed E-state index contributed by atoms with van der Waals surface area (Å²) in [5.74, 6) is -2.66. The van der Waals surface area contributed by atoms with E-state index in [4.69, 9.17) is 19.8 Å². The van der Waals surface area contributed by atoms with Crippen LogP contribution in [0.3, 0.4) is 0 Å². The molecule has 0 saturated carbocycles. The molecule has 1 atom stereocenters. The number of piperazine rings is 1. The smallest absolute Gasteiger partial charge is 0.414 e. The number of rotatable bonds is 4. The van der Waals surface area contributed by atoms with Crippen molar-refractivity contribution >= 4 is 22.0 Å². The first-order valence-electron chi connectivity index (χ1n) is 8.07. The summed E-state index contributed by atoms with van der Waals surface area (Å²) in [7, 11) is -2.98. The molecule has 1 heterocycles. The van der Waals surface area contributed by atoms with Crippen molar-refractivity contribution in [2.45, 2.75) is 26.2 Å². The molecular formula is C15H26N2O6S. The summed E-state index contributed by atoms with van der Waals surface area (Å²) in [6.45, 7) is 5.96. The first-order valence-corrected chi connectivity index (χ1v) is 9.68. The molecule has 2 rings (SSSR count). The number of carboxylic acids is 2. The highest BCUT2D eigenvalue weighted by Crippen LogP contribution is 2.20. The van der Waals surface area contributed by atoms with Gasteiger partial charge in [0.25, 0.3) is 0 Å². The van der Waals surface area contributed by atoms with Gasteiger partial charge in [-0.1, -0.05) is 12.2 Å². The molecule has 138 valence electrons. The number of carbonyl (C=O) groups is 2. The molecule has 1 aliphatic carbocycles. The molecule has 0 amide bonds. The molecule has 9 heteroatoms. The number of hydrogen-bond donors (Lipinski definition) is 2. The zero-order valence-corrected chi connectivity index (χ0v) is 14.7. The van der Waals surface area contributed by atoms with Crippen LogP contribution in [0.15, 0.2) is 12.2 Å². The molecular weight excluding hydrogens is 336 g/mol. The van der Waals surface area contributed by atoms with Crippen LogP contribution in [0.4, 0.5) is 0 Å². The normalized spacial score (nSPS) is 22.5. The van der Waals surface area contributed by atoms with Crippen molar-refractivity contribution in [3.63, 3.8) is 0 Å². The molecule has 0 aromatic heterocycles. The van der Waals surface area contributed by atoms with Crippen LogP contribution in [0.5, 0.6) is 0 Å². The molecule has 0 radical (unpaired) electrons. The first kappa shape index (κ1) is 20.6. The van der Waals surface area contributed by atoms with Crippen LogP contribution in [0, 0.1) is 5.92 Å². The van der Waals surface area contributed by atoms with E-state index in [1.165, 1.54) is 19.3 Å². The van der Waals surface area contributed by atoms with Gasteiger partial charge in [0.05, 0.1) is 5.75 Å². The van der Waals surface area contributed by atoms with Gasteiger partial charge in [0, 0.05) is 32.7 Å². The summed E-state index contributed by atoms with van der Waals surface area (Å²) in [6, 6.07) is 0. The Bertz CT molecular complexity index is 540. The van der Waals surface area contributed by atoms with Gasteiger partial charge < -0.3 is 15.1 Å². The van der Waals surface area contributed by atoms with Gasteiger partial charge in [-0.15, -0.1) is 0 Å². The molecule has 0 bridgehead atoms. The van der Waals surface area contributed by atoms with Crippen molar-refractivity contribution in [1.29, 1.82) is 0 Å². The lowest BCUT2D eigenvalue weighted by molar-refractivity contribution is -0.159. The second kappa shape index (κ2) is 9.75. The summed E-state index contributed by atoms with van der Waals surface area (Å²) in [5.41, 5.74) is 0. The van der Waals surface area contributed by atoms with Gasteiger partial charge in [-0.05, 0) is 32.1 Å². The van der Waals surface area contributed by atoms with Crippen molar-refractivity contribution < 1.29 is 28.2 Å². The van der Waals surface area contributed by atoms with Crippen molar-refractivity contribution in [3.05, 3.63) is 12.2 Å². The van der Waals surface area contributed by atoms with E-state index in [1.54, 1.807) is 11.2 Å². The molecule has 1 aliphatic heterocycles. The standard InChI is InChI=1S/C13H24N2O2S.C2H2O4/c1-2-18(16,17)15-10-8-14(9-11-15)12-13-6-4-3-5-7-13;3-1(4)2(5)6/h3-4,13H,2,5-12H2,1H3;(H,3,4)(H,5,6). The predicted molar refractivity (Wildman–Crippen MR) is 89.2 cm³/mol. The maximum Gasteiger partial charge on any atom is 0.414 e. The average molecular weight is 362 g/mol. The van der Waals surface area contributed by atoms with E-state index in [0.717, 1.165) is 25.6 Å². The van der Waals surface area contributed by atoms with Gasteiger partial charge in [0.15, 0.2) is 0 Å². The fraction of sp³-hybridized carbons (Fsp3) is 0.733. The van der Waals surface area contributed by atoms with Gasteiger partial charge in [-0.2, -0.15) is 4.31 Å². The number of allylic oxidation sites excluding steroid dienone is 2. The molecule has 0 aromatic carbocycles. The quantitative estimate of drug-likeness (QED) is 0.551. The highest BCUT2D eigenvalue weighted by Gasteiger charge is 2.26. The molecule has 0 spiro atoms. The van der Waals surface area contributed by atoms with Gasteiger partial charge in [0.1, 0.15) is 0 Å². The summed E-state index contributed by atoms with van der Waals surface area (Å²) in [4.78, 5) is 20.6. The second-order valence-electron chi connectivity index (χ2n) is 5.86. The van der Waals surface area contributed by atoms with Gasteiger partial charge in [0.2, 0.25) is 10.0 Å². The lowest BCUT2D eigenvalue weighted by atomic mass is 9.94. The summed E-state index contributed by atoms with van der Waals surface area (Å²) < 4.78 is 25.1. The molecule has 2 aliphatic rings. The third kappa shape index (κ3) is 6.98. The summed E-state index contributed by atoms with van der Waals surface area (Å²) >= 11 is 0. The minimum Gasteiger partial charge on any atom is -0.473 e. The molecule has 0 aromatic rings. The van der Waals surface area contributed by atoms with Crippen molar-refractivity contribution in [1.82, 2.24) is 9.21 Å². The van der Waals surface area contributed by atoms with Crippen molar-refractivity contribution in [2.24, 2.45) is 5.92 Å². The Balaban J connectivity index is 0.000000413. The van der Waals surface area contributed by atoms with Crippen LogP contribution in [0.2, 0.25) is 0 Å². The number of carboxylic acid groups (broad SMARTS) is 2. The maximum absolute atomic E-state index is 11.7. The fourth-order valence-electron chi connectivity index (χ4n) is 2.76. The maximum atomic E-state index is 11.7. The third-order valence-corrected chi connectivity index (χ3v) is 6.05. The van der Waals surface area contributed by atoms with Crippen LogP contribution in [0.25, 0.3) is 0 Å². The van der Waals surface area contributed by atoms with E-state index in [9.17, 15) is 8.42 Å². The molecule has 24 heavy (non-hydrogen) atoms. The lowest BCUT2D eigenvalue weighted by Crippen LogP contribution is -2.50. The first-order chi connectivity index (χ1) is 11.3. The minimum atomic E-state index is -2.98. The Hall–Kier alpha value is -1.45. The van der Waals surface area contributed by atoms with E-state index in [-0.39, 0.29) is 5.75 Å². The summed E-state index contributed by atoms with van der Waals surface area (Å²) in [5, 5.41) is 14.8. The number of hydrogen-bond acceptors (Lipinski definition) is 5. The van der Waals surface area contributed by atoms with E-state index < -0.39 is 22.0 Å². The minimum absolute atomic E-state index is 0.223. The molecule has 2 N–H and O–H groups in total. The van der Waals surface area contributed by atoms with E-state index in [1.807, 2.05) is 0 Å². The molecule has 1 unspecified atom stereocenters. The Morgan fingerprint density at radius 2 is 1.67 bits per heavy atom. The topological polar surface area (TPSA) is 115 Å². The van der Waals surface area contributed by atoms with Gasteiger partial charge in [-0.25, -0.2) is 18.0 Å². The SMILES string of the molecule is CCS(=O)(=O)N1CCN(CC2CC=CCC2)CC1.O=C(O)C(=O)O. The van der Waals surface area contributed by atoms with E-state index >= 15 is 0 Å². The highest BCUT2D eigenvalue weighted by atomic mass is 32.2. The molecule has 1 saturated heterocycles. The summed E-state index contributed by atoms with van der Waals surface area (Å²) in [6.07, 6.45) is 8.22. The Labute approximate surface area is 142 Å². The Morgan fingerprint density at radius 1 is 1.08 bits per heavy atom. The van der Waals surface area contributed by atoms with Crippen LogP contribution >= 0.6 is 0 Å². The predicted octanol–water partition coefficient (Wildman–Crippen LogP) is 0.466.